The Hall–Kier alpha value is -1.64. The molecule has 1 amide bonds. The lowest BCUT2D eigenvalue weighted by atomic mass is 10.1. The summed E-state index contributed by atoms with van der Waals surface area (Å²) in [4.78, 5) is 14.7. The second kappa shape index (κ2) is 9.02. The molecule has 0 saturated carbocycles. The Morgan fingerprint density at radius 3 is 2.38 bits per heavy atom. The average molecular weight is 456 g/mol. The zero-order valence-electron chi connectivity index (χ0n) is 16.2. The van der Waals surface area contributed by atoms with E-state index in [1.54, 1.807) is 30.3 Å². The predicted molar refractivity (Wildman–Crippen MR) is 116 cm³/mol. The van der Waals surface area contributed by atoms with Crippen molar-refractivity contribution in [2.45, 2.75) is 24.8 Å². The SMILES string of the molecule is Cc1ccc(Cl)cc1NC(=O)C(C)N1CCN(S(=O)(=O)c2ccccc2Cl)CC1. The number of benzene rings is 2. The zero-order valence-corrected chi connectivity index (χ0v) is 18.6. The molecule has 1 unspecified atom stereocenters. The Morgan fingerprint density at radius 1 is 1.07 bits per heavy atom. The van der Waals surface area contributed by atoms with Crippen LogP contribution in [-0.2, 0) is 14.8 Å². The Bertz CT molecular complexity index is 1010. The highest BCUT2D eigenvalue weighted by atomic mass is 35.5. The van der Waals surface area contributed by atoms with Gasteiger partial charge in [-0.25, -0.2) is 8.42 Å². The van der Waals surface area contributed by atoms with Gasteiger partial charge >= 0.3 is 0 Å². The maximum Gasteiger partial charge on any atom is 0.244 e. The number of nitrogens with one attached hydrogen (secondary N) is 1. The lowest BCUT2D eigenvalue weighted by Crippen LogP contribution is -2.53. The minimum Gasteiger partial charge on any atom is -0.324 e. The van der Waals surface area contributed by atoms with Crippen molar-refractivity contribution in [3.05, 3.63) is 58.1 Å². The van der Waals surface area contributed by atoms with Gasteiger partial charge in [-0.1, -0.05) is 41.4 Å². The molecule has 6 nitrogen and oxygen atoms in total. The molecule has 156 valence electrons. The van der Waals surface area contributed by atoms with E-state index in [9.17, 15) is 13.2 Å². The fraction of sp³-hybridized carbons (Fsp3) is 0.350. The summed E-state index contributed by atoms with van der Waals surface area (Å²) in [6, 6.07) is 11.4. The van der Waals surface area contributed by atoms with Crippen LogP contribution in [0.2, 0.25) is 10.0 Å². The van der Waals surface area contributed by atoms with E-state index in [0.717, 1.165) is 5.56 Å². The molecule has 1 aliphatic rings. The van der Waals surface area contributed by atoms with Crippen molar-refractivity contribution in [2.75, 3.05) is 31.5 Å². The lowest BCUT2D eigenvalue weighted by molar-refractivity contribution is -0.121. The summed E-state index contributed by atoms with van der Waals surface area (Å²) in [7, 11) is -3.66. The summed E-state index contributed by atoms with van der Waals surface area (Å²) in [5.41, 5.74) is 1.60. The first-order valence-electron chi connectivity index (χ1n) is 9.26. The molecule has 1 heterocycles. The second-order valence-electron chi connectivity index (χ2n) is 6.99. The van der Waals surface area contributed by atoms with Crippen molar-refractivity contribution in [1.82, 2.24) is 9.21 Å². The highest BCUT2D eigenvalue weighted by Gasteiger charge is 2.32. The number of carbonyl (C=O) groups is 1. The van der Waals surface area contributed by atoms with E-state index in [0.29, 0.717) is 36.9 Å². The number of piperazine rings is 1. The van der Waals surface area contributed by atoms with Gasteiger partial charge in [-0.2, -0.15) is 4.31 Å². The Labute approximate surface area is 181 Å². The number of carbonyl (C=O) groups excluding carboxylic acids is 1. The first-order chi connectivity index (χ1) is 13.7. The molecular formula is C20H23Cl2N3O3S. The van der Waals surface area contributed by atoms with Gasteiger partial charge in [0.15, 0.2) is 0 Å². The minimum atomic E-state index is -3.66. The van der Waals surface area contributed by atoms with Gasteiger partial charge in [-0.3, -0.25) is 9.69 Å². The van der Waals surface area contributed by atoms with Crippen LogP contribution in [0.4, 0.5) is 5.69 Å². The number of amides is 1. The van der Waals surface area contributed by atoms with Crippen LogP contribution in [0.25, 0.3) is 0 Å². The molecule has 0 radical (unpaired) electrons. The van der Waals surface area contributed by atoms with E-state index in [-0.39, 0.29) is 15.8 Å². The fourth-order valence-electron chi connectivity index (χ4n) is 3.26. The Kier molecular flexibility index (Phi) is 6.86. The van der Waals surface area contributed by atoms with Crippen LogP contribution in [0.1, 0.15) is 12.5 Å². The molecular weight excluding hydrogens is 433 g/mol. The quantitative estimate of drug-likeness (QED) is 0.746. The van der Waals surface area contributed by atoms with Crippen LogP contribution in [-0.4, -0.2) is 55.8 Å². The number of halogens is 2. The molecule has 0 aromatic heterocycles. The van der Waals surface area contributed by atoms with Crippen LogP contribution >= 0.6 is 23.2 Å². The number of hydrogen-bond donors (Lipinski definition) is 1. The topological polar surface area (TPSA) is 69.7 Å². The predicted octanol–water partition coefficient (Wildman–Crippen LogP) is 3.64. The number of sulfonamides is 1. The second-order valence-corrected chi connectivity index (χ2v) is 9.74. The standard InChI is InChI=1S/C20H23Cl2N3O3S/c1-14-7-8-16(21)13-18(14)23-20(26)15(2)24-9-11-25(12-10-24)29(27,28)19-6-4-3-5-17(19)22/h3-8,13,15H,9-12H2,1-2H3,(H,23,26). The van der Waals surface area contributed by atoms with Gasteiger partial charge in [0.1, 0.15) is 4.90 Å². The van der Waals surface area contributed by atoms with Crippen LogP contribution in [0.15, 0.2) is 47.4 Å². The van der Waals surface area contributed by atoms with Crippen molar-refractivity contribution in [3.63, 3.8) is 0 Å². The maximum atomic E-state index is 12.9. The van der Waals surface area contributed by atoms with E-state index in [1.165, 1.54) is 10.4 Å². The average Bonchev–Trinajstić information content (AvgIpc) is 2.70. The molecule has 9 heteroatoms. The number of hydrogen-bond acceptors (Lipinski definition) is 4. The maximum absolute atomic E-state index is 12.9. The van der Waals surface area contributed by atoms with Crippen LogP contribution in [0.3, 0.4) is 0 Å². The van der Waals surface area contributed by atoms with Gasteiger partial charge in [0, 0.05) is 36.9 Å². The van der Waals surface area contributed by atoms with E-state index in [2.05, 4.69) is 5.32 Å². The molecule has 1 saturated heterocycles. The molecule has 2 aromatic carbocycles. The molecule has 2 aromatic rings. The van der Waals surface area contributed by atoms with Gasteiger partial charge < -0.3 is 5.32 Å². The summed E-state index contributed by atoms with van der Waals surface area (Å²) < 4.78 is 27.1. The van der Waals surface area contributed by atoms with E-state index >= 15 is 0 Å². The number of anilines is 1. The summed E-state index contributed by atoms with van der Waals surface area (Å²) in [5, 5.41) is 3.67. The molecule has 1 atom stereocenters. The van der Waals surface area contributed by atoms with E-state index in [1.807, 2.05) is 24.8 Å². The smallest absolute Gasteiger partial charge is 0.244 e. The van der Waals surface area contributed by atoms with Gasteiger partial charge in [0.2, 0.25) is 15.9 Å². The Morgan fingerprint density at radius 2 is 1.72 bits per heavy atom. The fourth-order valence-corrected chi connectivity index (χ4v) is 5.34. The molecule has 1 aliphatic heterocycles. The molecule has 1 fully saturated rings. The van der Waals surface area contributed by atoms with Crippen molar-refractivity contribution in [1.29, 1.82) is 0 Å². The van der Waals surface area contributed by atoms with E-state index in [4.69, 9.17) is 23.2 Å². The highest BCUT2D eigenvalue weighted by Crippen LogP contribution is 2.25. The first-order valence-corrected chi connectivity index (χ1v) is 11.5. The van der Waals surface area contributed by atoms with Gasteiger partial charge in [-0.15, -0.1) is 0 Å². The third-order valence-electron chi connectivity index (χ3n) is 5.11. The third-order valence-corrected chi connectivity index (χ3v) is 7.75. The van der Waals surface area contributed by atoms with Crippen molar-refractivity contribution >= 4 is 44.8 Å². The number of nitrogens with zero attached hydrogens (tertiary/aromatic N) is 2. The van der Waals surface area contributed by atoms with Crippen LogP contribution < -0.4 is 5.32 Å². The lowest BCUT2D eigenvalue weighted by Gasteiger charge is -2.36. The highest BCUT2D eigenvalue weighted by molar-refractivity contribution is 7.89. The summed E-state index contributed by atoms with van der Waals surface area (Å²) in [5.74, 6) is -0.155. The van der Waals surface area contributed by atoms with E-state index < -0.39 is 16.1 Å². The summed E-state index contributed by atoms with van der Waals surface area (Å²) in [6.45, 7) is 5.20. The van der Waals surface area contributed by atoms with Crippen molar-refractivity contribution < 1.29 is 13.2 Å². The normalized spacial score (nSPS) is 17.1. The van der Waals surface area contributed by atoms with Crippen LogP contribution in [0, 0.1) is 6.92 Å². The van der Waals surface area contributed by atoms with Crippen LogP contribution in [0.5, 0.6) is 0 Å². The van der Waals surface area contributed by atoms with Gasteiger partial charge in [-0.05, 0) is 43.7 Å². The molecule has 0 bridgehead atoms. The molecule has 0 aliphatic carbocycles. The molecule has 1 N–H and O–H groups in total. The minimum absolute atomic E-state index is 0.109. The number of aryl methyl sites for hydroxylation is 1. The number of rotatable bonds is 5. The molecule has 29 heavy (non-hydrogen) atoms. The molecule has 0 spiro atoms. The largest absolute Gasteiger partial charge is 0.324 e. The van der Waals surface area contributed by atoms with Gasteiger partial charge in [0.05, 0.1) is 11.1 Å². The van der Waals surface area contributed by atoms with Gasteiger partial charge in [0.25, 0.3) is 0 Å². The summed E-state index contributed by atoms with van der Waals surface area (Å²) >= 11 is 12.1. The third kappa shape index (κ3) is 4.92. The summed E-state index contributed by atoms with van der Waals surface area (Å²) in [6.07, 6.45) is 0. The zero-order chi connectivity index (χ0) is 21.2. The monoisotopic (exact) mass is 455 g/mol. The first kappa shape index (κ1) is 22.1. The van der Waals surface area contributed by atoms with Crippen molar-refractivity contribution in [2.24, 2.45) is 0 Å². The van der Waals surface area contributed by atoms with Crippen molar-refractivity contribution in [3.8, 4) is 0 Å². The molecule has 3 rings (SSSR count). The Balaban J connectivity index is 1.63.